The van der Waals surface area contributed by atoms with Gasteiger partial charge in [0.15, 0.2) is 5.78 Å². The van der Waals surface area contributed by atoms with Gasteiger partial charge in [-0.2, -0.15) is 0 Å². The summed E-state index contributed by atoms with van der Waals surface area (Å²) in [5.41, 5.74) is 3.97. The number of anilines is 1. The molecule has 0 atom stereocenters. The van der Waals surface area contributed by atoms with E-state index in [1.165, 1.54) is 24.8 Å². The van der Waals surface area contributed by atoms with E-state index in [9.17, 15) is 9.59 Å². The second-order valence-corrected chi connectivity index (χ2v) is 9.42. The lowest BCUT2D eigenvalue weighted by Gasteiger charge is -2.35. The molecule has 0 fully saturated rings. The van der Waals surface area contributed by atoms with Crippen LogP contribution < -0.4 is 15.4 Å². The Hall–Kier alpha value is -3.08. The van der Waals surface area contributed by atoms with Gasteiger partial charge in [-0.3, -0.25) is 9.59 Å². The first-order chi connectivity index (χ1) is 15.8. The zero-order chi connectivity index (χ0) is 23.8. The Labute approximate surface area is 197 Å². The molecule has 5 heteroatoms. The third kappa shape index (κ3) is 6.95. The molecule has 1 aliphatic heterocycles. The number of amides is 1. The summed E-state index contributed by atoms with van der Waals surface area (Å²) in [5.74, 6) is 0.638. The van der Waals surface area contributed by atoms with Crippen LogP contribution in [-0.2, 0) is 11.2 Å². The molecular weight excluding hydrogens is 412 g/mol. The van der Waals surface area contributed by atoms with Gasteiger partial charge >= 0.3 is 0 Å². The fraction of sp³-hybridized carbons (Fsp3) is 0.429. The Morgan fingerprint density at radius 2 is 1.88 bits per heavy atom. The molecule has 1 heterocycles. The number of ether oxygens (including phenoxy) is 1. The quantitative estimate of drug-likeness (QED) is 0.260. The number of rotatable bonds is 10. The summed E-state index contributed by atoms with van der Waals surface area (Å²) < 4.78 is 5.39. The summed E-state index contributed by atoms with van der Waals surface area (Å²) in [4.78, 5) is 25.4. The lowest BCUT2D eigenvalue weighted by atomic mass is 9.85. The van der Waals surface area contributed by atoms with Crippen LogP contribution in [0.1, 0.15) is 80.8 Å². The predicted molar refractivity (Wildman–Crippen MR) is 135 cm³/mol. The minimum absolute atomic E-state index is 0.00817. The smallest absolute Gasteiger partial charge is 0.224 e. The van der Waals surface area contributed by atoms with Crippen LogP contribution in [0, 0.1) is 0 Å². The van der Waals surface area contributed by atoms with Gasteiger partial charge in [-0.1, -0.05) is 50.8 Å². The van der Waals surface area contributed by atoms with Crippen LogP contribution in [-0.4, -0.2) is 24.3 Å². The number of carbonyl (C=O) groups is 2. The highest BCUT2D eigenvalue weighted by atomic mass is 16.5. The van der Waals surface area contributed by atoms with Crippen molar-refractivity contribution in [2.24, 2.45) is 0 Å². The minimum atomic E-state index is -0.166. The van der Waals surface area contributed by atoms with Crippen molar-refractivity contribution in [2.45, 2.75) is 71.3 Å². The van der Waals surface area contributed by atoms with Crippen molar-refractivity contribution < 1.29 is 14.3 Å². The molecule has 33 heavy (non-hydrogen) atoms. The van der Waals surface area contributed by atoms with Gasteiger partial charge in [-0.15, -0.1) is 0 Å². The summed E-state index contributed by atoms with van der Waals surface area (Å²) in [6.07, 6.45) is 8.54. The maximum atomic E-state index is 13.1. The monoisotopic (exact) mass is 448 g/mol. The topological polar surface area (TPSA) is 67.4 Å². The Morgan fingerprint density at radius 1 is 1.09 bits per heavy atom. The average molecular weight is 449 g/mol. The van der Waals surface area contributed by atoms with E-state index in [4.69, 9.17) is 4.74 Å². The predicted octanol–water partition coefficient (Wildman–Crippen LogP) is 6.14. The van der Waals surface area contributed by atoms with Gasteiger partial charge in [0.25, 0.3) is 0 Å². The van der Waals surface area contributed by atoms with Crippen molar-refractivity contribution >= 4 is 23.1 Å². The molecule has 0 aliphatic carbocycles. The zero-order valence-corrected chi connectivity index (χ0v) is 20.3. The van der Waals surface area contributed by atoms with Gasteiger partial charge < -0.3 is 15.4 Å². The second kappa shape index (κ2) is 11.2. The van der Waals surface area contributed by atoms with E-state index in [2.05, 4.69) is 37.5 Å². The van der Waals surface area contributed by atoms with Crippen LogP contribution in [0.15, 0.2) is 48.5 Å². The summed E-state index contributed by atoms with van der Waals surface area (Å²) in [5, 5.41) is 6.43. The summed E-state index contributed by atoms with van der Waals surface area (Å²) in [6.45, 7) is 6.42. The standard InChI is InChI=1S/C28H36N2O3/c1-5-6-7-8-9-13-27(32)29-22-12-10-11-20(16-22)26(31)18-25-24-17-23(33-4)15-14-21(24)19-28(2,3)30-25/h10-12,14-18,30H,5-9,13,19H2,1-4H3,(H,29,32). The van der Waals surface area contributed by atoms with Crippen LogP contribution >= 0.6 is 0 Å². The number of unbranched alkanes of at least 4 members (excludes halogenated alkanes) is 4. The molecule has 0 saturated carbocycles. The number of fused-ring (bicyclic) bond motifs is 1. The first-order valence-electron chi connectivity index (χ1n) is 11.9. The number of nitrogens with one attached hydrogen (secondary N) is 2. The molecular formula is C28H36N2O3. The van der Waals surface area contributed by atoms with Crippen LogP contribution in [0.5, 0.6) is 5.75 Å². The fourth-order valence-corrected chi connectivity index (χ4v) is 4.23. The van der Waals surface area contributed by atoms with Crippen molar-refractivity contribution in [2.75, 3.05) is 12.4 Å². The Balaban J connectivity index is 1.73. The van der Waals surface area contributed by atoms with Gasteiger partial charge in [0.2, 0.25) is 5.91 Å². The Morgan fingerprint density at radius 3 is 2.64 bits per heavy atom. The number of hydrogen-bond donors (Lipinski definition) is 2. The van der Waals surface area contributed by atoms with Crippen molar-refractivity contribution in [3.63, 3.8) is 0 Å². The average Bonchev–Trinajstić information content (AvgIpc) is 2.78. The largest absolute Gasteiger partial charge is 0.497 e. The SMILES string of the molecule is CCCCCCCC(=O)Nc1cccc(C(=O)C=C2NC(C)(C)Cc3ccc(OC)cc32)c1. The molecule has 1 amide bonds. The first kappa shape index (κ1) is 24.6. The highest BCUT2D eigenvalue weighted by Gasteiger charge is 2.28. The number of methoxy groups -OCH3 is 1. The van der Waals surface area contributed by atoms with Crippen molar-refractivity contribution in [1.29, 1.82) is 0 Å². The van der Waals surface area contributed by atoms with Crippen LogP contribution in [0.2, 0.25) is 0 Å². The highest BCUT2D eigenvalue weighted by molar-refractivity contribution is 6.09. The normalized spacial score (nSPS) is 15.5. The number of allylic oxidation sites excluding steroid dienone is 1. The maximum Gasteiger partial charge on any atom is 0.224 e. The van der Waals surface area contributed by atoms with Crippen molar-refractivity contribution in [1.82, 2.24) is 5.32 Å². The van der Waals surface area contributed by atoms with E-state index in [1.54, 1.807) is 31.4 Å². The summed E-state index contributed by atoms with van der Waals surface area (Å²) in [7, 11) is 1.64. The summed E-state index contributed by atoms with van der Waals surface area (Å²) >= 11 is 0. The lowest BCUT2D eigenvalue weighted by molar-refractivity contribution is -0.116. The molecule has 0 spiro atoms. The van der Waals surface area contributed by atoms with Gasteiger partial charge in [-0.25, -0.2) is 0 Å². The number of benzene rings is 2. The Kier molecular flexibility index (Phi) is 8.32. The number of carbonyl (C=O) groups excluding carboxylic acids is 2. The summed E-state index contributed by atoms with van der Waals surface area (Å²) in [6, 6.07) is 13.1. The third-order valence-electron chi connectivity index (χ3n) is 5.93. The van der Waals surface area contributed by atoms with E-state index >= 15 is 0 Å². The van der Waals surface area contributed by atoms with E-state index in [-0.39, 0.29) is 17.2 Å². The minimum Gasteiger partial charge on any atom is -0.497 e. The molecule has 1 aliphatic rings. The van der Waals surface area contributed by atoms with Crippen molar-refractivity contribution in [3.8, 4) is 5.75 Å². The Bertz CT molecular complexity index is 1020. The molecule has 0 aromatic heterocycles. The number of ketones is 1. The lowest BCUT2D eigenvalue weighted by Crippen LogP contribution is -2.43. The molecule has 0 radical (unpaired) electrons. The van der Waals surface area contributed by atoms with Gasteiger partial charge in [-0.05, 0) is 56.5 Å². The molecule has 2 N–H and O–H groups in total. The zero-order valence-electron chi connectivity index (χ0n) is 20.3. The van der Waals surface area contributed by atoms with Gasteiger partial charge in [0.1, 0.15) is 5.75 Å². The molecule has 2 aromatic rings. The molecule has 0 unspecified atom stereocenters. The second-order valence-electron chi connectivity index (χ2n) is 9.42. The van der Waals surface area contributed by atoms with Crippen molar-refractivity contribution in [3.05, 3.63) is 65.2 Å². The van der Waals surface area contributed by atoms with E-state index < -0.39 is 0 Å². The first-order valence-corrected chi connectivity index (χ1v) is 11.9. The maximum absolute atomic E-state index is 13.1. The van der Waals surface area contributed by atoms with E-state index in [1.807, 2.05) is 18.2 Å². The molecule has 5 nitrogen and oxygen atoms in total. The fourth-order valence-electron chi connectivity index (χ4n) is 4.23. The van der Waals surface area contributed by atoms with Crippen LogP contribution in [0.3, 0.4) is 0 Å². The highest BCUT2D eigenvalue weighted by Crippen LogP contribution is 2.32. The molecule has 0 bridgehead atoms. The molecule has 3 rings (SSSR count). The molecule has 176 valence electrons. The van der Waals surface area contributed by atoms with Crippen LogP contribution in [0.25, 0.3) is 5.70 Å². The van der Waals surface area contributed by atoms with E-state index in [0.717, 1.165) is 36.3 Å². The number of hydrogen-bond acceptors (Lipinski definition) is 4. The van der Waals surface area contributed by atoms with Gasteiger partial charge in [0.05, 0.1) is 7.11 Å². The molecule has 2 aromatic carbocycles. The molecule has 0 saturated heterocycles. The van der Waals surface area contributed by atoms with Gasteiger partial charge in [0, 0.05) is 40.5 Å². The van der Waals surface area contributed by atoms with E-state index in [0.29, 0.717) is 17.7 Å². The van der Waals surface area contributed by atoms with Crippen LogP contribution in [0.4, 0.5) is 5.69 Å². The third-order valence-corrected chi connectivity index (χ3v) is 5.93.